The fraction of sp³-hybridized carbons (Fsp3) is 0.429. The molecule has 1 heterocycles. The van der Waals surface area contributed by atoms with Gasteiger partial charge < -0.3 is 29.9 Å². The normalized spacial score (nSPS) is 24.2. The molecular weight excluding hydrogens is 367 g/mol. The van der Waals surface area contributed by atoms with Gasteiger partial charge in [0.1, 0.15) is 23.8 Å². The predicted octanol–water partition coefficient (Wildman–Crippen LogP) is 1.58. The van der Waals surface area contributed by atoms with Crippen molar-refractivity contribution in [2.75, 3.05) is 20.8 Å². The maximum absolute atomic E-state index is 14.3. The van der Waals surface area contributed by atoms with Crippen LogP contribution in [0.5, 0.6) is 5.75 Å². The molecule has 0 amide bonds. The predicted molar refractivity (Wildman–Crippen MR) is 102 cm³/mol. The third kappa shape index (κ3) is 5.27. The molecule has 0 aromatic heterocycles. The van der Waals surface area contributed by atoms with Gasteiger partial charge in [-0.25, -0.2) is 4.39 Å². The molecule has 7 heteroatoms. The van der Waals surface area contributed by atoms with Crippen molar-refractivity contribution in [2.24, 2.45) is 0 Å². The van der Waals surface area contributed by atoms with Crippen LogP contribution in [0.2, 0.25) is 0 Å². The second-order valence-corrected chi connectivity index (χ2v) is 6.53. The average Bonchev–Trinajstić information content (AvgIpc) is 2.73. The highest BCUT2D eigenvalue weighted by Gasteiger charge is 2.37. The summed E-state index contributed by atoms with van der Waals surface area (Å²) in [6.07, 6.45) is -2.97. The van der Waals surface area contributed by atoms with Crippen LogP contribution in [0.3, 0.4) is 0 Å². The molecule has 0 aliphatic carbocycles. The van der Waals surface area contributed by atoms with E-state index in [4.69, 9.17) is 14.6 Å². The van der Waals surface area contributed by atoms with Crippen LogP contribution in [0, 0.1) is 5.82 Å². The van der Waals surface area contributed by atoms with E-state index in [0.29, 0.717) is 17.5 Å². The highest BCUT2D eigenvalue weighted by Crippen LogP contribution is 2.33. The summed E-state index contributed by atoms with van der Waals surface area (Å²) in [6.45, 7) is -0.250. The van der Waals surface area contributed by atoms with Crippen molar-refractivity contribution >= 4 is 0 Å². The maximum atomic E-state index is 14.3. The number of benzene rings is 2. The van der Waals surface area contributed by atoms with E-state index in [-0.39, 0.29) is 18.8 Å². The molecule has 0 bridgehead atoms. The number of aliphatic hydroxyl groups is 4. The summed E-state index contributed by atoms with van der Waals surface area (Å²) < 4.78 is 25.1. The van der Waals surface area contributed by atoms with Crippen molar-refractivity contribution < 1.29 is 34.3 Å². The topological polar surface area (TPSA) is 99.4 Å². The summed E-state index contributed by atoms with van der Waals surface area (Å²) in [6, 6.07) is 11.9. The number of methoxy groups -OCH3 is 1. The fourth-order valence-corrected chi connectivity index (χ4v) is 3.22. The lowest BCUT2D eigenvalue weighted by atomic mass is 9.91. The lowest BCUT2D eigenvalue weighted by Crippen LogP contribution is -2.44. The van der Waals surface area contributed by atoms with E-state index in [2.05, 4.69) is 0 Å². The number of halogens is 1. The molecule has 1 fully saturated rings. The van der Waals surface area contributed by atoms with E-state index in [0.717, 1.165) is 18.4 Å². The molecule has 6 nitrogen and oxygen atoms in total. The maximum Gasteiger partial charge on any atom is 0.126 e. The minimum Gasteiger partial charge on any atom is -0.497 e. The fourth-order valence-electron chi connectivity index (χ4n) is 3.22. The molecule has 3 rings (SSSR count). The number of ether oxygens (including phenoxy) is 2. The van der Waals surface area contributed by atoms with Gasteiger partial charge in [-0.05, 0) is 41.0 Å². The van der Waals surface area contributed by atoms with Gasteiger partial charge >= 0.3 is 0 Å². The van der Waals surface area contributed by atoms with E-state index in [1.54, 1.807) is 13.2 Å². The Morgan fingerprint density at radius 2 is 1.79 bits per heavy atom. The number of hydrogen-bond acceptors (Lipinski definition) is 6. The van der Waals surface area contributed by atoms with Crippen molar-refractivity contribution in [1.29, 1.82) is 0 Å². The zero-order valence-electron chi connectivity index (χ0n) is 16.0. The van der Waals surface area contributed by atoms with Gasteiger partial charge in [0.15, 0.2) is 0 Å². The molecule has 0 saturated carbocycles. The zero-order chi connectivity index (χ0) is 20.7. The van der Waals surface area contributed by atoms with E-state index in [1.165, 1.54) is 12.1 Å². The van der Waals surface area contributed by atoms with Gasteiger partial charge in [0.05, 0.1) is 25.9 Å². The van der Waals surface area contributed by atoms with Crippen LogP contribution < -0.4 is 4.74 Å². The molecular formula is C21H27FO6. The largest absolute Gasteiger partial charge is 0.497 e. The van der Waals surface area contributed by atoms with Gasteiger partial charge in [-0.15, -0.1) is 0 Å². The van der Waals surface area contributed by atoms with Crippen LogP contribution in [0.1, 0.15) is 29.2 Å². The molecule has 1 aliphatic rings. The van der Waals surface area contributed by atoms with Crippen LogP contribution in [0.15, 0.2) is 42.5 Å². The molecule has 28 heavy (non-hydrogen) atoms. The second-order valence-electron chi connectivity index (χ2n) is 6.53. The molecule has 4 N–H and O–H groups in total. The Morgan fingerprint density at radius 1 is 1.11 bits per heavy atom. The Labute approximate surface area is 163 Å². The zero-order valence-corrected chi connectivity index (χ0v) is 16.0. The number of rotatable bonds is 5. The van der Waals surface area contributed by atoms with Crippen molar-refractivity contribution in [2.45, 2.75) is 37.3 Å². The highest BCUT2D eigenvalue weighted by molar-refractivity contribution is 5.34. The average molecular weight is 394 g/mol. The second kappa shape index (κ2) is 10.5. The molecule has 1 saturated heterocycles. The van der Waals surface area contributed by atoms with E-state index in [9.17, 15) is 19.7 Å². The van der Waals surface area contributed by atoms with Crippen LogP contribution in [-0.4, -0.2) is 59.6 Å². The standard InChI is InChI=1S/C20H23FO5.CH4O/c1-25-15-5-2-12(3-6-15)8-14-9-13(4-7-17(14)21)20-19(24)18(23)10-16(11-22)26-20;1-2/h2-7,9,16,18-20,22-24H,8,10-11H2,1H3;2H,1H3. The Morgan fingerprint density at radius 3 is 2.39 bits per heavy atom. The van der Waals surface area contributed by atoms with E-state index < -0.39 is 24.4 Å². The first-order chi connectivity index (χ1) is 13.5. The highest BCUT2D eigenvalue weighted by atomic mass is 19.1. The molecule has 4 atom stereocenters. The summed E-state index contributed by atoms with van der Waals surface area (Å²) >= 11 is 0. The van der Waals surface area contributed by atoms with Gasteiger partial charge in [0.25, 0.3) is 0 Å². The lowest BCUT2D eigenvalue weighted by Gasteiger charge is -2.37. The van der Waals surface area contributed by atoms with Crippen LogP contribution in [-0.2, 0) is 11.2 Å². The van der Waals surface area contributed by atoms with Crippen LogP contribution in [0.25, 0.3) is 0 Å². The third-order valence-corrected chi connectivity index (χ3v) is 4.70. The molecule has 1 aliphatic heterocycles. The summed E-state index contributed by atoms with van der Waals surface area (Å²) in [5, 5.41) is 36.5. The van der Waals surface area contributed by atoms with Crippen molar-refractivity contribution in [1.82, 2.24) is 0 Å². The summed E-state index contributed by atoms with van der Waals surface area (Å²) in [5.74, 6) is 0.375. The number of aliphatic hydroxyl groups excluding tert-OH is 4. The summed E-state index contributed by atoms with van der Waals surface area (Å²) in [4.78, 5) is 0. The Bertz CT molecular complexity index is 736. The summed E-state index contributed by atoms with van der Waals surface area (Å²) in [5.41, 5.74) is 1.95. The van der Waals surface area contributed by atoms with Crippen LogP contribution >= 0.6 is 0 Å². The third-order valence-electron chi connectivity index (χ3n) is 4.70. The van der Waals surface area contributed by atoms with Gasteiger partial charge in [-0.3, -0.25) is 0 Å². The first-order valence-corrected chi connectivity index (χ1v) is 9.00. The number of hydrogen-bond donors (Lipinski definition) is 4. The summed E-state index contributed by atoms with van der Waals surface area (Å²) in [7, 11) is 2.59. The Balaban J connectivity index is 0.00000136. The Kier molecular flexibility index (Phi) is 8.35. The molecule has 154 valence electrons. The first kappa shape index (κ1) is 22.3. The smallest absolute Gasteiger partial charge is 0.126 e. The SMILES string of the molecule is CO.COc1ccc(Cc2cc(C3OC(CO)CC(O)C3O)ccc2F)cc1. The van der Waals surface area contributed by atoms with E-state index in [1.807, 2.05) is 24.3 Å². The van der Waals surface area contributed by atoms with Gasteiger partial charge in [0.2, 0.25) is 0 Å². The minimum absolute atomic E-state index is 0.161. The van der Waals surface area contributed by atoms with Gasteiger partial charge in [0, 0.05) is 20.0 Å². The van der Waals surface area contributed by atoms with Crippen molar-refractivity contribution in [3.05, 3.63) is 65.0 Å². The van der Waals surface area contributed by atoms with Gasteiger partial charge in [-0.1, -0.05) is 18.2 Å². The Hall–Kier alpha value is -2.03. The molecule has 0 radical (unpaired) electrons. The monoisotopic (exact) mass is 394 g/mol. The van der Waals surface area contributed by atoms with Crippen molar-refractivity contribution in [3.63, 3.8) is 0 Å². The minimum atomic E-state index is -1.13. The van der Waals surface area contributed by atoms with Crippen molar-refractivity contribution in [3.8, 4) is 5.75 Å². The lowest BCUT2D eigenvalue weighted by molar-refractivity contribution is -0.179. The quantitative estimate of drug-likeness (QED) is 0.615. The molecule has 2 aromatic carbocycles. The van der Waals surface area contributed by atoms with Crippen LogP contribution in [0.4, 0.5) is 4.39 Å². The van der Waals surface area contributed by atoms with Gasteiger partial charge in [-0.2, -0.15) is 0 Å². The molecule has 4 unspecified atom stereocenters. The molecule has 0 spiro atoms. The first-order valence-electron chi connectivity index (χ1n) is 9.00. The van der Waals surface area contributed by atoms with E-state index >= 15 is 0 Å². The molecule has 2 aromatic rings.